The number of primary amides is 1. The van der Waals surface area contributed by atoms with E-state index in [0.29, 0.717) is 53.3 Å². The number of amides is 7. The summed E-state index contributed by atoms with van der Waals surface area (Å²) in [6.07, 6.45) is -2.44. The van der Waals surface area contributed by atoms with E-state index in [1.807, 2.05) is 0 Å². The summed E-state index contributed by atoms with van der Waals surface area (Å²) in [4.78, 5) is 226. The van der Waals surface area contributed by atoms with Gasteiger partial charge in [0.25, 0.3) is 5.91 Å². The number of unbranched alkanes of at least 4 members (excludes halogenated alkanes) is 2. The average molecular weight is 1930 g/mol. The first-order valence-electron chi connectivity index (χ1n) is 46.8. The summed E-state index contributed by atoms with van der Waals surface area (Å²) >= 11 is 0. The molecule has 0 saturated heterocycles. The van der Waals surface area contributed by atoms with Gasteiger partial charge in [-0.3, -0.25) is 109 Å². The number of rotatable bonds is 70. The van der Waals surface area contributed by atoms with Gasteiger partial charge in [0, 0.05) is 166 Å². The highest BCUT2D eigenvalue weighted by Gasteiger charge is 2.38. The molecule has 2 aliphatic rings. The van der Waals surface area contributed by atoms with Gasteiger partial charge in [-0.05, 0) is 192 Å². The van der Waals surface area contributed by atoms with E-state index in [-0.39, 0.29) is 189 Å². The van der Waals surface area contributed by atoms with Gasteiger partial charge >= 0.3 is 0 Å². The number of aromatic hydroxyl groups is 1. The van der Waals surface area contributed by atoms with Gasteiger partial charge in [-0.15, -0.1) is 0 Å². The molecule has 138 heavy (non-hydrogen) atoms. The molecule has 0 aromatic heterocycles. The molecule has 45 heteroatoms. The van der Waals surface area contributed by atoms with Crippen LogP contribution in [0.4, 0.5) is 0 Å². The standard InChI is InChI=1S/C93H145N27O18/c1-51(42-71(124)53(3)117-83(133)57-26-24-56(25-27-57)81-66-30-28-64(122)49-78(66)138-79-50-65(123)29-31-67(79)81)82(132)116-54(4)72(125)43-59(18-10-36-109-88(97)98)73(126)44-58(16-6-8-34-94)74(127)45-60(17-7-9-35-95)85(135)118-69(23-15-41-114-93(107)108)76(129)47-62(20-12-38-111-90(101)102)87(137)120-70(32-33-80(96)131)77(130)48-63(21-13-39-112-91(103)104)86(136)119-68(22-14-40-113-92(105)106)75(128)46-61(19-11-37-110-89(99)100)84(134)115-52(2)55(5)121/h24-31,49-54,58-63,68-70,122H,6-23,32-48,94-95H2,1-5H3,(H2,96,131)(H,115,134)(H,116,132)(H,117,133)(H,118,135)(H,119,136)(H,120,137)(H4,97,98,109)(H4,99,100,110)(H4,101,102,111)(H4,103,104,112)(H4,105,106,113)(H4,107,108,114)/t51-,52+,53+,54+,58-,59-,60-,61-,62-,63-,68+,69+,70+/m1/s1. The second-order valence-electron chi connectivity index (χ2n) is 35.1. The molecule has 0 unspecified atom stereocenters. The van der Waals surface area contributed by atoms with Crippen molar-refractivity contribution in [1.29, 1.82) is 32.5 Å². The topological polar surface area (TPSA) is 828 Å². The number of guanidine groups is 6. The molecule has 2 aromatic rings. The van der Waals surface area contributed by atoms with Crippen LogP contribution in [0, 0.1) is 73.9 Å². The summed E-state index contributed by atoms with van der Waals surface area (Å²) in [5.41, 5.74) is 53.2. The van der Waals surface area contributed by atoms with E-state index in [1.54, 1.807) is 36.4 Å². The van der Waals surface area contributed by atoms with Gasteiger partial charge < -0.3 is 125 Å². The maximum atomic E-state index is 15.2. The van der Waals surface area contributed by atoms with Crippen molar-refractivity contribution in [3.8, 4) is 28.2 Å². The molecule has 2 aromatic carbocycles. The van der Waals surface area contributed by atoms with Crippen LogP contribution in [-0.2, 0) is 67.1 Å². The van der Waals surface area contributed by atoms with Crippen LogP contribution >= 0.6 is 0 Å². The van der Waals surface area contributed by atoms with Crippen LogP contribution in [0.15, 0.2) is 69.9 Å². The Labute approximate surface area is 802 Å². The number of hydrogen-bond donors (Lipinski definition) is 28. The Balaban J connectivity index is 1.63. The molecule has 1 heterocycles. The van der Waals surface area contributed by atoms with Crippen molar-refractivity contribution in [3.63, 3.8) is 0 Å². The Morgan fingerprint density at radius 1 is 0.362 bits per heavy atom. The fraction of sp³-hybridized carbons (Fsp3) is 0.570. The zero-order chi connectivity index (χ0) is 103. The quantitative estimate of drug-likeness (QED) is 0.0124. The minimum Gasteiger partial charge on any atom is -0.508 e. The SMILES string of the molecule is CC(=O)[C@H](C)NC(=O)[C@H](CCCNC(=N)N)CC(=O)[C@H](CCCNC(=N)N)NC(=O)[C@H](CCCNC(=N)N)CC(=O)[C@H](CCC(N)=O)NC(=O)[C@H](CCCNC(=N)N)CC(=O)[C@H](CCCNC(=N)N)NC(=O)[C@H](CCCCN)CC(=O)[C@H](CCCCN)CC(=O)[C@H](CCCNC(=N)N)CC(=O)[C@H](C)NC(=O)[C@H](C)CC(=O)[C@H](C)NC(=O)c1ccc(-c2c3ccc(=O)cc-3oc3cc(O)ccc23)cc1. The molecule has 1 aliphatic carbocycles. The zero-order valence-electron chi connectivity index (χ0n) is 79.6. The van der Waals surface area contributed by atoms with E-state index in [0.717, 1.165) is 0 Å². The minimum atomic E-state index is -1.60. The number of benzene rings is 3. The van der Waals surface area contributed by atoms with Crippen LogP contribution in [0.3, 0.4) is 0 Å². The fourth-order valence-electron chi connectivity index (χ4n) is 15.7. The lowest BCUT2D eigenvalue weighted by molar-refractivity contribution is -0.137. The molecule has 0 radical (unpaired) electrons. The summed E-state index contributed by atoms with van der Waals surface area (Å²) in [6.45, 7) is 7.78. The van der Waals surface area contributed by atoms with E-state index in [2.05, 4.69) is 63.8 Å². The van der Waals surface area contributed by atoms with Crippen molar-refractivity contribution >= 4 is 134 Å². The number of carbonyl (C=O) groups excluding carboxylic acids is 15. The highest BCUT2D eigenvalue weighted by molar-refractivity contribution is 6.05. The largest absolute Gasteiger partial charge is 0.508 e. The number of phenols is 1. The first-order chi connectivity index (χ1) is 65.3. The van der Waals surface area contributed by atoms with Crippen molar-refractivity contribution < 1.29 is 81.4 Å². The lowest BCUT2D eigenvalue weighted by atomic mass is 9.81. The van der Waals surface area contributed by atoms with Gasteiger partial charge in [0.2, 0.25) is 35.4 Å². The maximum absolute atomic E-state index is 15.2. The second kappa shape index (κ2) is 61.3. The second-order valence-corrected chi connectivity index (χ2v) is 35.1. The molecular formula is C93H145N27O18. The van der Waals surface area contributed by atoms with Gasteiger partial charge in [0.1, 0.15) is 28.7 Å². The van der Waals surface area contributed by atoms with Crippen molar-refractivity contribution in [1.82, 2.24) is 63.8 Å². The predicted octanol–water partition coefficient (Wildman–Crippen LogP) is 0.592. The third-order valence-corrected chi connectivity index (χ3v) is 23.7. The number of carbonyl (C=O) groups is 15. The molecule has 7 amide bonds. The third kappa shape index (κ3) is 43.4. The molecule has 4 rings (SSSR count). The van der Waals surface area contributed by atoms with Gasteiger partial charge in [-0.25, -0.2) is 0 Å². The number of ketones is 8. The lowest BCUT2D eigenvalue weighted by Crippen LogP contribution is -2.49. The molecule has 0 bridgehead atoms. The molecule has 0 fully saturated rings. The molecule has 13 atom stereocenters. The highest BCUT2D eigenvalue weighted by Crippen LogP contribution is 2.41. The molecule has 45 nitrogen and oxygen atoms in total. The van der Waals surface area contributed by atoms with Crippen LogP contribution in [0.2, 0.25) is 0 Å². The Morgan fingerprint density at radius 2 is 0.710 bits per heavy atom. The van der Waals surface area contributed by atoms with Crippen molar-refractivity contribution in [2.75, 3.05) is 52.4 Å². The van der Waals surface area contributed by atoms with Crippen molar-refractivity contribution in [3.05, 3.63) is 76.5 Å². The van der Waals surface area contributed by atoms with E-state index < -0.39 is 235 Å². The highest BCUT2D eigenvalue weighted by atomic mass is 16.3. The molecular weight excluding hydrogens is 1780 g/mol. The summed E-state index contributed by atoms with van der Waals surface area (Å²) in [5, 5.41) is 89.3. The number of Topliss-reactive ketones (excluding diaryl/α,β-unsaturated/α-hetero) is 8. The van der Waals surface area contributed by atoms with Crippen LogP contribution in [0.25, 0.3) is 33.4 Å². The van der Waals surface area contributed by atoms with E-state index >= 15 is 19.2 Å². The summed E-state index contributed by atoms with van der Waals surface area (Å²) in [5.74, 6) is -20.3. The van der Waals surface area contributed by atoms with E-state index in [4.69, 9.17) is 88.5 Å². The Hall–Kier alpha value is -13.9. The Kier molecular flexibility index (Phi) is 51.7. The Bertz CT molecular complexity index is 4910. The summed E-state index contributed by atoms with van der Waals surface area (Å²) < 4.78 is 5.96. The average Bonchev–Trinajstić information content (AvgIpc) is 0.753. The van der Waals surface area contributed by atoms with Crippen LogP contribution in [0.1, 0.15) is 218 Å². The molecule has 0 saturated carbocycles. The first kappa shape index (κ1) is 116. The van der Waals surface area contributed by atoms with Crippen molar-refractivity contribution in [2.24, 2.45) is 93.0 Å². The Morgan fingerprint density at radius 3 is 1.12 bits per heavy atom. The lowest BCUT2D eigenvalue weighted by Gasteiger charge is -2.27. The first-order valence-corrected chi connectivity index (χ1v) is 46.8. The smallest absolute Gasteiger partial charge is 0.251 e. The number of nitrogens with two attached hydrogens (primary N) is 9. The fourth-order valence-corrected chi connectivity index (χ4v) is 15.7. The molecule has 760 valence electrons. The maximum Gasteiger partial charge on any atom is 0.251 e. The molecule has 37 N–H and O–H groups in total. The minimum absolute atomic E-state index is 0.00692. The normalized spacial score (nSPS) is 14.0. The summed E-state index contributed by atoms with van der Waals surface area (Å²) in [6, 6.07) is 7.81. The number of phenolic OH excluding ortho intramolecular Hbond substituents is 1. The van der Waals surface area contributed by atoms with Crippen LogP contribution < -0.4 is 121 Å². The monoisotopic (exact) mass is 1930 g/mol. The van der Waals surface area contributed by atoms with Gasteiger partial charge in [0.05, 0.1) is 36.3 Å². The summed E-state index contributed by atoms with van der Waals surface area (Å²) in [7, 11) is 0. The van der Waals surface area contributed by atoms with Crippen LogP contribution in [0.5, 0.6) is 5.75 Å². The zero-order valence-corrected chi connectivity index (χ0v) is 79.6. The number of fused-ring (bicyclic) bond motifs is 2. The van der Waals surface area contributed by atoms with Gasteiger partial charge in [0.15, 0.2) is 75.9 Å². The van der Waals surface area contributed by atoms with Crippen LogP contribution in [-0.4, -0.2) is 217 Å². The van der Waals surface area contributed by atoms with Gasteiger partial charge in [-0.2, -0.15) is 0 Å². The van der Waals surface area contributed by atoms with Gasteiger partial charge in [-0.1, -0.05) is 31.9 Å². The third-order valence-electron chi connectivity index (χ3n) is 23.7. The molecule has 0 spiro atoms. The van der Waals surface area contributed by atoms with E-state index in [9.17, 15) is 62.6 Å². The molecule has 1 aliphatic heterocycles. The number of hydrogen-bond acceptors (Lipinski definition) is 26. The predicted molar refractivity (Wildman–Crippen MR) is 521 cm³/mol. The number of nitrogens with one attached hydrogen (secondary N) is 18. The van der Waals surface area contributed by atoms with E-state index in [1.165, 1.54) is 58.9 Å². The van der Waals surface area contributed by atoms with Crippen molar-refractivity contribution in [2.45, 2.75) is 244 Å².